The van der Waals surface area contributed by atoms with Crippen molar-refractivity contribution in [2.24, 2.45) is 0 Å². The summed E-state index contributed by atoms with van der Waals surface area (Å²) in [5.41, 5.74) is 1.61. The summed E-state index contributed by atoms with van der Waals surface area (Å²) in [6.45, 7) is 4.26. The van der Waals surface area contributed by atoms with E-state index < -0.39 is 0 Å². The van der Waals surface area contributed by atoms with Gasteiger partial charge in [-0.2, -0.15) is 0 Å². The summed E-state index contributed by atoms with van der Waals surface area (Å²) in [5.74, 6) is -0.143. The number of rotatable bonds is 0. The first-order chi connectivity index (χ1) is 8.43. The maximum atomic E-state index is 12.4. The summed E-state index contributed by atoms with van der Waals surface area (Å²) in [5, 5.41) is 0. The van der Waals surface area contributed by atoms with Crippen molar-refractivity contribution >= 4 is 34.4 Å². The number of halogens is 1. The van der Waals surface area contributed by atoms with Gasteiger partial charge in [0.2, 0.25) is 5.91 Å². The van der Waals surface area contributed by atoms with Crippen molar-refractivity contribution in [2.45, 2.75) is 38.1 Å². The molecule has 1 aromatic carbocycles. The first-order valence-corrected chi connectivity index (χ1v) is 7.17. The van der Waals surface area contributed by atoms with Crippen LogP contribution in [0.5, 0.6) is 0 Å². The van der Waals surface area contributed by atoms with Crippen LogP contribution < -0.4 is 0 Å². The van der Waals surface area contributed by atoms with E-state index in [4.69, 9.17) is 0 Å². The molecule has 18 heavy (non-hydrogen) atoms. The van der Waals surface area contributed by atoms with E-state index >= 15 is 0 Å². The summed E-state index contributed by atoms with van der Waals surface area (Å²) < 4.78 is 1.13. The fraction of sp³-hybridized carbons (Fsp3) is 0.429. The molecule has 2 amide bonds. The van der Waals surface area contributed by atoms with Crippen LogP contribution in [0.1, 0.15) is 42.6 Å². The number of benzene rings is 1. The SMILES string of the molecule is CC1(C)c2cc(I)ccc2C(=O)N2C(=O)CC[C@H]21. The lowest BCUT2D eigenvalue weighted by molar-refractivity contribution is -0.127. The number of carbonyl (C=O) groups excluding carboxylic acids is 2. The highest BCUT2D eigenvalue weighted by atomic mass is 127. The zero-order valence-corrected chi connectivity index (χ0v) is 12.5. The molecule has 0 aliphatic carbocycles. The summed E-state index contributed by atoms with van der Waals surface area (Å²) in [4.78, 5) is 25.8. The molecule has 0 bridgehead atoms. The minimum atomic E-state index is -0.156. The number of carbonyl (C=O) groups is 2. The Balaban J connectivity index is 2.25. The van der Waals surface area contributed by atoms with Crippen LogP contribution in [0.25, 0.3) is 0 Å². The van der Waals surface area contributed by atoms with Gasteiger partial charge in [0.15, 0.2) is 0 Å². The number of hydrogen-bond donors (Lipinski definition) is 0. The molecular formula is C14H14INO2. The molecule has 1 atom stereocenters. The summed E-state index contributed by atoms with van der Waals surface area (Å²) in [6.07, 6.45) is 1.27. The van der Waals surface area contributed by atoms with Gasteiger partial charge in [-0.1, -0.05) is 13.8 Å². The molecule has 1 saturated heterocycles. The van der Waals surface area contributed by atoms with E-state index in [9.17, 15) is 9.59 Å². The summed E-state index contributed by atoms with van der Waals surface area (Å²) >= 11 is 2.26. The second-order valence-electron chi connectivity index (χ2n) is 5.53. The highest BCUT2D eigenvalue weighted by Gasteiger charge is 2.50. The van der Waals surface area contributed by atoms with E-state index in [-0.39, 0.29) is 23.3 Å². The quantitative estimate of drug-likeness (QED) is 0.530. The molecule has 2 aliphatic rings. The molecule has 3 nitrogen and oxygen atoms in total. The largest absolute Gasteiger partial charge is 0.274 e. The van der Waals surface area contributed by atoms with E-state index in [0.717, 1.165) is 15.6 Å². The number of hydrogen-bond acceptors (Lipinski definition) is 2. The molecule has 3 rings (SSSR count). The Morgan fingerprint density at radius 2 is 2.06 bits per heavy atom. The van der Waals surface area contributed by atoms with Crippen LogP contribution in [0.4, 0.5) is 0 Å². The molecule has 2 aliphatic heterocycles. The van der Waals surface area contributed by atoms with Crippen LogP contribution in [-0.2, 0) is 10.2 Å². The molecule has 1 aromatic rings. The molecule has 0 radical (unpaired) electrons. The van der Waals surface area contributed by atoms with E-state index in [2.05, 4.69) is 42.5 Å². The lowest BCUT2D eigenvalue weighted by Gasteiger charge is -2.42. The molecule has 0 unspecified atom stereocenters. The van der Waals surface area contributed by atoms with Crippen molar-refractivity contribution in [3.63, 3.8) is 0 Å². The minimum Gasteiger partial charge on any atom is -0.274 e. The highest BCUT2D eigenvalue weighted by Crippen LogP contribution is 2.43. The summed E-state index contributed by atoms with van der Waals surface area (Å²) in [6, 6.07) is 5.87. The Bertz CT molecular complexity index is 565. The lowest BCUT2D eigenvalue weighted by Crippen LogP contribution is -2.53. The standard InChI is InChI=1S/C14H14INO2/c1-14(2)10-7-8(15)3-4-9(10)13(18)16-11(14)5-6-12(16)17/h3-4,7,11H,5-6H2,1-2H3/t11-/m0/s1. The third-order valence-corrected chi connectivity index (χ3v) is 4.84. The van der Waals surface area contributed by atoms with Crippen molar-refractivity contribution in [1.29, 1.82) is 0 Å². The number of fused-ring (bicyclic) bond motifs is 2. The molecule has 2 heterocycles. The molecule has 94 valence electrons. The second-order valence-corrected chi connectivity index (χ2v) is 6.78. The smallest absolute Gasteiger partial charge is 0.261 e. The van der Waals surface area contributed by atoms with Crippen LogP contribution in [0, 0.1) is 3.57 Å². The Morgan fingerprint density at radius 3 is 2.78 bits per heavy atom. The predicted octanol–water partition coefficient (Wildman–Crippen LogP) is 2.71. The second kappa shape index (κ2) is 3.79. The predicted molar refractivity (Wildman–Crippen MR) is 76.4 cm³/mol. The monoisotopic (exact) mass is 355 g/mol. The zero-order valence-electron chi connectivity index (χ0n) is 10.4. The third-order valence-electron chi connectivity index (χ3n) is 4.17. The Hall–Kier alpha value is -0.910. The van der Waals surface area contributed by atoms with Crippen molar-refractivity contribution in [2.75, 3.05) is 0 Å². The number of amides is 2. The van der Waals surface area contributed by atoms with E-state index in [0.29, 0.717) is 12.0 Å². The van der Waals surface area contributed by atoms with E-state index in [1.807, 2.05) is 12.1 Å². The van der Waals surface area contributed by atoms with Gasteiger partial charge in [0.1, 0.15) is 0 Å². The number of imide groups is 1. The van der Waals surface area contributed by atoms with Crippen LogP contribution in [0.15, 0.2) is 18.2 Å². The molecule has 4 heteroatoms. The van der Waals surface area contributed by atoms with Crippen molar-refractivity contribution < 1.29 is 9.59 Å². The average Bonchev–Trinajstić information content (AvgIpc) is 2.70. The van der Waals surface area contributed by atoms with Gasteiger partial charge in [0.25, 0.3) is 5.91 Å². The van der Waals surface area contributed by atoms with Gasteiger partial charge in [0, 0.05) is 27.0 Å². The molecule has 0 spiro atoms. The molecule has 1 fully saturated rings. The minimum absolute atomic E-state index is 0.0169. The van der Waals surface area contributed by atoms with Crippen LogP contribution >= 0.6 is 22.6 Å². The first kappa shape index (κ1) is 12.1. The maximum Gasteiger partial charge on any atom is 0.261 e. The fourth-order valence-electron chi connectivity index (χ4n) is 3.17. The topological polar surface area (TPSA) is 37.4 Å². The fourth-order valence-corrected chi connectivity index (χ4v) is 3.66. The van der Waals surface area contributed by atoms with Gasteiger partial charge in [-0.25, -0.2) is 0 Å². The molecule has 0 saturated carbocycles. The molecule has 0 N–H and O–H groups in total. The van der Waals surface area contributed by atoms with E-state index in [1.54, 1.807) is 0 Å². The number of nitrogens with zero attached hydrogens (tertiary/aromatic N) is 1. The van der Waals surface area contributed by atoms with Gasteiger partial charge < -0.3 is 0 Å². The van der Waals surface area contributed by atoms with Gasteiger partial charge >= 0.3 is 0 Å². The Morgan fingerprint density at radius 1 is 1.33 bits per heavy atom. The Labute approximate surface area is 120 Å². The highest BCUT2D eigenvalue weighted by molar-refractivity contribution is 14.1. The van der Waals surface area contributed by atoms with Crippen molar-refractivity contribution in [1.82, 2.24) is 4.90 Å². The molecular weight excluding hydrogens is 341 g/mol. The lowest BCUT2D eigenvalue weighted by atomic mass is 9.72. The first-order valence-electron chi connectivity index (χ1n) is 6.09. The summed E-state index contributed by atoms with van der Waals surface area (Å²) in [7, 11) is 0. The van der Waals surface area contributed by atoms with Gasteiger partial charge in [-0.15, -0.1) is 0 Å². The Kier molecular flexibility index (Phi) is 2.56. The van der Waals surface area contributed by atoms with Crippen molar-refractivity contribution in [3.05, 3.63) is 32.9 Å². The van der Waals surface area contributed by atoms with Crippen LogP contribution in [-0.4, -0.2) is 22.8 Å². The molecule has 0 aromatic heterocycles. The van der Waals surface area contributed by atoms with Gasteiger partial charge in [-0.3, -0.25) is 14.5 Å². The normalized spacial score (nSPS) is 25.1. The van der Waals surface area contributed by atoms with Crippen molar-refractivity contribution in [3.8, 4) is 0 Å². The zero-order chi connectivity index (χ0) is 13.1. The average molecular weight is 355 g/mol. The van der Waals surface area contributed by atoms with Crippen LogP contribution in [0.3, 0.4) is 0 Å². The van der Waals surface area contributed by atoms with E-state index in [1.165, 1.54) is 4.90 Å². The van der Waals surface area contributed by atoms with Gasteiger partial charge in [-0.05, 0) is 52.8 Å². The van der Waals surface area contributed by atoms with Crippen LogP contribution in [0.2, 0.25) is 0 Å². The van der Waals surface area contributed by atoms with Gasteiger partial charge in [0.05, 0.1) is 0 Å². The third kappa shape index (κ3) is 1.47. The maximum absolute atomic E-state index is 12.4.